The number of alkyl halides is 3. The Labute approximate surface area is 101 Å². The molecule has 2 atom stereocenters. The average molecular weight is 259 g/mol. The van der Waals surface area contributed by atoms with E-state index in [9.17, 15) is 18.0 Å². The first kappa shape index (κ1) is 12.7. The Morgan fingerprint density at radius 3 is 2.56 bits per heavy atom. The highest BCUT2D eigenvalue weighted by atomic mass is 19.4. The summed E-state index contributed by atoms with van der Waals surface area (Å²) in [6, 6.07) is 1.86. The van der Waals surface area contributed by atoms with Crippen molar-refractivity contribution in [2.45, 2.75) is 25.6 Å². The van der Waals surface area contributed by atoms with Crippen molar-refractivity contribution in [3.63, 3.8) is 0 Å². The number of primary amides is 1. The number of nitrogens with zero attached hydrogens (tertiary/aromatic N) is 1. The number of amides is 1. The van der Waals surface area contributed by atoms with E-state index in [0.29, 0.717) is 5.92 Å². The second kappa shape index (κ2) is 4.15. The summed E-state index contributed by atoms with van der Waals surface area (Å²) in [6.07, 6.45) is -3.70. The Kier molecular flexibility index (Phi) is 2.92. The molecule has 0 spiro atoms. The maximum atomic E-state index is 12.5. The van der Waals surface area contributed by atoms with E-state index >= 15 is 0 Å². The minimum absolute atomic E-state index is 0.0258. The fourth-order valence-corrected chi connectivity index (χ4v) is 1.62. The van der Waals surface area contributed by atoms with Gasteiger partial charge < -0.3 is 11.1 Å². The van der Waals surface area contributed by atoms with Gasteiger partial charge in [0.1, 0.15) is 11.5 Å². The number of anilines is 1. The Balaban J connectivity index is 2.35. The number of nitrogens with one attached hydrogen (secondary N) is 1. The van der Waals surface area contributed by atoms with Crippen molar-refractivity contribution >= 4 is 11.7 Å². The molecule has 0 aromatic carbocycles. The lowest BCUT2D eigenvalue weighted by atomic mass is 10.2. The van der Waals surface area contributed by atoms with E-state index < -0.39 is 17.8 Å². The number of hydrogen-bond donors (Lipinski definition) is 2. The SMILES string of the molecule is CC1CC1Nc1nc(C(F)(F)F)ccc1C(N)=O. The standard InChI is InChI=1S/C11H12F3N3O/c1-5-4-7(5)16-10-6(9(15)18)2-3-8(17-10)11(12,13)14/h2-3,5,7H,4H2,1H3,(H2,15,18)(H,16,17). The monoisotopic (exact) mass is 259 g/mol. The summed E-state index contributed by atoms with van der Waals surface area (Å²) in [5.74, 6) is -0.527. The number of rotatable bonds is 3. The normalized spacial score (nSPS) is 22.7. The summed E-state index contributed by atoms with van der Waals surface area (Å²) in [4.78, 5) is 14.6. The van der Waals surface area contributed by atoms with Crippen LogP contribution in [0.4, 0.5) is 19.0 Å². The van der Waals surface area contributed by atoms with Gasteiger partial charge in [0, 0.05) is 6.04 Å². The zero-order chi connectivity index (χ0) is 13.5. The van der Waals surface area contributed by atoms with Crippen molar-refractivity contribution < 1.29 is 18.0 Å². The van der Waals surface area contributed by atoms with Crippen molar-refractivity contribution in [1.82, 2.24) is 4.98 Å². The van der Waals surface area contributed by atoms with Gasteiger partial charge in [-0.3, -0.25) is 4.79 Å². The van der Waals surface area contributed by atoms with Crippen LogP contribution in [-0.4, -0.2) is 16.9 Å². The fraction of sp³-hybridized carbons (Fsp3) is 0.455. The van der Waals surface area contributed by atoms with E-state index in [0.717, 1.165) is 18.6 Å². The fourth-order valence-electron chi connectivity index (χ4n) is 1.62. The first-order valence-electron chi connectivity index (χ1n) is 5.43. The van der Waals surface area contributed by atoms with Gasteiger partial charge in [0.2, 0.25) is 0 Å². The predicted octanol–water partition coefficient (Wildman–Crippen LogP) is 2.02. The predicted molar refractivity (Wildman–Crippen MR) is 58.9 cm³/mol. The van der Waals surface area contributed by atoms with E-state index in [1.165, 1.54) is 0 Å². The Morgan fingerprint density at radius 1 is 1.50 bits per heavy atom. The van der Waals surface area contributed by atoms with Crippen LogP contribution in [0.1, 0.15) is 29.4 Å². The van der Waals surface area contributed by atoms with E-state index in [1.807, 2.05) is 6.92 Å². The van der Waals surface area contributed by atoms with Crippen LogP contribution in [-0.2, 0) is 6.18 Å². The molecule has 0 aliphatic heterocycles. The molecule has 2 rings (SSSR count). The van der Waals surface area contributed by atoms with Crippen LogP contribution in [0.5, 0.6) is 0 Å². The summed E-state index contributed by atoms with van der Waals surface area (Å²) in [6.45, 7) is 1.95. The van der Waals surface area contributed by atoms with Gasteiger partial charge in [0.05, 0.1) is 5.56 Å². The number of nitrogens with two attached hydrogens (primary N) is 1. The molecule has 1 saturated carbocycles. The molecule has 1 aromatic rings. The van der Waals surface area contributed by atoms with Gasteiger partial charge in [-0.15, -0.1) is 0 Å². The molecule has 1 aliphatic rings. The molecule has 4 nitrogen and oxygen atoms in total. The van der Waals surface area contributed by atoms with Crippen molar-refractivity contribution in [1.29, 1.82) is 0 Å². The zero-order valence-corrected chi connectivity index (χ0v) is 9.58. The summed E-state index contributed by atoms with van der Waals surface area (Å²) >= 11 is 0. The Bertz CT molecular complexity index is 487. The molecule has 7 heteroatoms. The smallest absolute Gasteiger partial charge is 0.366 e. The zero-order valence-electron chi connectivity index (χ0n) is 9.58. The van der Waals surface area contributed by atoms with E-state index in [4.69, 9.17) is 5.73 Å². The Morgan fingerprint density at radius 2 is 2.11 bits per heavy atom. The van der Waals surface area contributed by atoms with E-state index in [2.05, 4.69) is 10.3 Å². The lowest BCUT2D eigenvalue weighted by molar-refractivity contribution is -0.141. The van der Waals surface area contributed by atoms with Crippen LogP contribution in [0.3, 0.4) is 0 Å². The molecule has 1 fully saturated rings. The lowest BCUT2D eigenvalue weighted by Crippen LogP contribution is -2.19. The second-order valence-electron chi connectivity index (χ2n) is 4.42. The summed E-state index contributed by atoms with van der Waals surface area (Å²) < 4.78 is 37.6. The molecule has 1 aliphatic carbocycles. The highest BCUT2D eigenvalue weighted by Gasteiger charge is 2.36. The lowest BCUT2D eigenvalue weighted by Gasteiger charge is -2.12. The van der Waals surface area contributed by atoms with Gasteiger partial charge in [0.15, 0.2) is 0 Å². The first-order valence-corrected chi connectivity index (χ1v) is 5.43. The average Bonchev–Trinajstić information content (AvgIpc) is 2.92. The maximum absolute atomic E-state index is 12.5. The number of hydrogen-bond acceptors (Lipinski definition) is 3. The largest absolute Gasteiger partial charge is 0.433 e. The van der Waals surface area contributed by atoms with Crippen LogP contribution in [0.25, 0.3) is 0 Å². The third-order valence-corrected chi connectivity index (χ3v) is 2.88. The van der Waals surface area contributed by atoms with Gasteiger partial charge in [-0.2, -0.15) is 13.2 Å². The molecule has 1 aromatic heterocycles. The quantitative estimate of drug-likeness (QED) is 0.872. The minimum atomic E-state index is -4.54. The van der Waals surface area contributed by atoms with E-state index in [-0.39, 0.29) is 17.4 Å². The summed E-state index contributed by atoms with van der Waals surface area (Å²) in [5, 5.41) is 2.82. The highest BCUT2D eigenvalue weighted by Crippen LogP contribution is 2.34. The number of halogens is 3. The third-order valence-electron chi connectivity index (χ3n) is 2.88. The summed E-state index contributed by atoms with van der Waals surface area (Å²) in [7, 11) is 0. The topological polar surface area (TPSA) is 68.0 Å². The van der Waals surface area contributed by atoms with Crippen LogP contribution in [0.2, 0.25) is 0 Å². The van der Waals surface area contributed by atoms with Crippen molar-refractivity contribution in [3.8, 4) is 0 Å². The number of pyridine rings is 1. The summed E-state index contributed by atoms with van der Waals surface area (Å²) in [5.41, 5.74) is 4.04. The van der Waals surface area contributed by atoms with Crippen LogP contribution in [0.15, 0.2) is 12.1 Å². The van der Waals surface area contributed by atoms with E-state index in [1.54, 1.807) is 0 Å². The minimum Gasteiger partial charge on any atom is -0.366 e. The van der Waals surface area contributed by atoms with Crippen molar-refractivity contribution in [2.75, 3.05) is 5.32 Å². The number of aromatic nitrogens is 1. The number of carbonyl (C=O) groups excluding carboxylic acids is 1. The molecule has 1 amide bonds. The van der Waals surface area contributed by atoms with Gasteiger partial charge in [-0.1, -0.05) is 6.92 Å². The van der Waals surface area contributed by atoms with Crippen LogP contribution in [0, 0.1) is 5.92 Å². The molecule has 2 unspecified atom stereocenters. The highest BCUT2D eigenvalue weighted by molar-refractivity contribution is 5.97. The third kappa shape index (κ3) is 2.55. The molecular weight excluding hydrogens is 247 g/mol. The molecule has 0 saturated heterocycles. The molecule has 0 radical (unpaired) electrons. The molecule has 0 bridgehead atoms. The van der Waals surface area contributed by atoms with Crippen LogP contribution < -0.4 is 11.1 Å². The van der Waals surface area contributed by atoms with Gasteiger partial charge in [-0.25, -0.2) is 4.98 Å². The molecule has 98 valence electrons. The van der Waals surface area contributed by atoms with Crippen LogP contribution >= 0.6 is 0 Å². The molecule has 1 heterocycles. The van der Waals surface area contributed by atoms with Crippen molar-refractivity contribution in [2.24, 2.45) is 11.7 Å². The maximum Gasteiger partial charge on any atom is 0.433 e. The molecular formula is C11H12F3N3O. The van der Waals surface area contributed by atoms with Gasteiger partial charge in [0.25, 0.3) is 5.91 Å². The van der Waals surface area contributed by atoms with Gasteiger partial charge >= 0.3 is 6.18 Å². The Hall–Kier alpha value is -1.79. The molecule has 3 N–H and O–H groups in total. The first-order chi connectivity index (χ1) is 8.29. The second-order valence-corrected chi connectivity index (χ2v) is 4.42. The molecule has 18 heavy (non-hydrogen) atoms. The number of carbonyl (C=O) groups is 1. The van der Waals surface area contributed by atoms with Gasteiger partial charge in [-0.05, 0) is 24.5 Å². The van der Waals surface area contributed by atoms with Crippen molar-refractivity contribution in [3.05, 3.63) is 23.4 Å².